The maximum absolute atomic E-state index is 11.0. The maximum atomic E-state index is 11.0. The lowest BCUT2D eigenvalue weighted by atomic mass is 10.2. The maximum Gasteiger partial charge on any atom is 0.170 e. The summed E-state index contributed by atoms with van der Waals surface area (Å²) in [5.74, 6) is 0.590. The molecule has 1 heterocycles. The second-order valence-electron chi connectivity index (χ2n) is 2.32. The molecule has 0 aliphatic rings. The highest BCUT2D eigenvalue weighted by Gasteiger charge is 2.04. The van der Waals surface area contributed by atoms with Crippen molar-refractivity contribution in [3.8, 4) is 0 Å². The van der Waals surface area contributed by atoms with Crippen LogP contribution in [0.1, 0.15) is 22.2 Å². The number of hydrogen-bond donors (Lipinski definition) is 0. The van der Waals surface area contributed by atoms with Gasteiger partial charge in [-0.2, -0.15) is 0 Å². The van der Waals surface area contributed by atoms with E-state index >= 15 is 0 Å². The van der Waals surface area contributed by atoms with Gasteiger partial charge in [0.25, 0.3) is 0 Å². The molecule has 0 aromatic carbocycles. The first kappa shape index (κ1) is 9.49. The van der Waals surface area contributed by atoms with Crippen molar-refractivity contribution in [2.45, 2.75) is 6.92 Å². The summed E-state index contributed by atoms with van der Waals surface area (Å²) in [7, 11) is 0. The van der Waals surface area contributed by atoms with E-state index in [1.807, 2.05) is 23.6 Å². The number of allylic oxidation sites excluding steroid dienone is 1. The highest BCUT2D eigenvalue weighted by Crippen LogP contribution is 2.18. The largest absolute Gasteiger partial charge is 0.294 e. The zero-order valence-electron chi connectivity index (χ0n) is 6.71. The van der Waals surface area contributed by atoms with E-state index < -0.39 is 0 Å². The van der Waals surface area contributed by atoms with Crippen molar-refractivity contribution in [3.05, 3.63) is 28.0 Å². The molecule has 0 atom stereocenters. The summed E-state index contributed by atoms with van der Waals surface area (Å²) < 4.78 is 0. The Balaban J connectivity index is 2.91. The van der Waals surface area contributed by atoms with Crippen LogP contribution in [0.5, 0.6) is 0 Å². The van der Waals surface area contributed by atoms with Crippen LogP contribution in [0.25, 0.3) is 6.08 Å². The first-order chi connectivity index (χ1) is 5.75. The zero-order valence-corrected chi connectivity index (χ0v) is 8.28. The number of carbonyl (C=O) groups excluding carboxylic acids is 1. The lowest BCUT2D eigenvalue weighted by Gasteiger charge is -1.91. The molecule has 1 nitrogen and oxygen atoms in total. The molecule has 0 N–H and O–H groups in total. The monoisotopic (exact) mass is 200 g/mol. The van der Waals surface area contributed by atoms with Crippen molar-refractivity contribution in [3.63, 3.8) is 0 Å². The van der Waals surface area contributed by atoms with E-state index in [0.29, 0.717) is 5.88 Å². The first-order valence-electron chi connectivity index (χ1n) is 3.56. The van der Waals surface area contributed by atoms with Crippen molar-refractivity contribution in [1.82, 2.24) is 0 Å². The molecule has 0 radical (unpaired) electrons. The fourth-order valence-corrected chi connectivity index (χ4v) is 1.79. The molecule has 3 heteroatoms. The van der Waals surface area contributed by atoms with Gasteiger partial charge in [0.05, 0.1) is 4.88 Å². The summed E-state index contributed by atoms with van der Waals surface area (Å²) in [5, 5.41) is 1.91. The minimum absolute atomic E-state index is 0.110. The Labute approximate surface area is 80.7 Å². The molecule has 0 saturated carbocycles. The molecule has 0 unspecified atom stereocenters. The van der Waals surface area contributed by atoms with Crippen molar-refractivity contribution in [1.29, 1.82) is 0 Å². The molecule has 0 fully saturated rings. The third-order valence-corrected chi connectivity index (χ3v) is 2.61. The molecule has 0 aliphatic carbocycles. The quantitative estimate of drug-likeness (QED) is 0.541. The number of carbonyl (C=O) groups is 1. The summed E-state index contributed by atoms with van der Waals surface area (Å²) in [4.78, 5) is 11.8. The summed E-state index contributed by atoms with van der Waals surface area (Å²) >= 11 is 6.95. The third kappa shape index (κ3) is 2.19. The standard InChI is InChI=1S/C9H9ClOS/c1-7(11)9-8(3-2-5-10)4-6-12-9/h2-4,6H,5H2,1H3. The van der Waals surface area contributed by atoms with Gasteiger partial charge in [-0.3, -0.25) is 4.79 Å². The lowest BCUT2D eigenvalue weighted by Crippen LogP contribution is -1.88. The Morgan fingerprint density at radius 3 is 3.08 bits per heavy atom. The number of ketones is 1. The number of alkyl halides is 1. The zero-order chi connectivity index (χ0) is 8.97. The number of Topliss-reactive ketones (excluding diaryl/α,β-unsaturated/α-hetero) is 1. The molecule has 0 amide bonds. The van der Waals surface area contributed by atoms with Crippen LogP contribution in [0.2, 0.25) is 0 Å². The van der Waals surface area contributed by atoms with Crippen LogP contribution in [0.4, 0.5) is 0 Å². The number of hydrogen-bond acceptors (Lipinski definition) is 2. The molecule has 1 aromatic rings. The summed E-state index contributed by atoms with van der Waals surface area (Å²) in [6.45, 7) is 1.57. The second kappa shape index (κ2) is 4.43. The molecule has 0 saturated heterocycles. The van der Waals surface area contributed by atoms with E-state index in [-0.39, 0.29) is 5.78 Å². The second-order valence-corrected chi connectivity index (χ2v) is 3.54. The van der Waals surface area contributed by atoms with Gasteiger partial charge < -0.3 is 0 Å². The minimum atomic E-state index is 0.110. The SMILES string of the molecule is CC(=O)c1sccc1C=CCCl. The van der Waals surface area contributed by atoms with Gasteiger partial charge in [-0.25, -0.2) is 0 Å². The van der Waals surface area contributed by atoms with Crippen molar-refractivity contribution in [2.24, 2.45) is 0 Å². The topological polar surface area (TPSA) is 17.1 Å². The van der Waals surface area contributed by atoms with Crippen LogP contribution in [-0.2, 0) is 0 Å². The van der Waals surface area contributed by atoms with E-state index in [0.717, 1.165) is 10.4 Å². The van der Waals surface area contributed by atoms with Gasteiger partial charge in [-0.05, 0) is 23.9 Å². The predicted molar refractivity (Wildman–Crippen MR) is 54.1 cm³/mol. The Morgan fingerprint density at radius 1 is 1.75 bits per heavy atom. The summed E-state index contributed by atoms with van der Waals surface area (Å²) in [6, 6.07) is 1.92. The molecule has 0 spiro atoms. The first-order valence-corrected chi connectivity index (χ1v) is 4.98. The normalized spacial score (nSPS) is 10.8. The predicted octanol–water partition coefficient (Wildman–Crippen LogP) is 3.20. The molecule has 0 aliphatic heterocycles. The molecule has 1 aromatic heterocycles. The number of halogens is 1. The Hall–Kier alpha value is -0.600. The van der Waals surface area contributed by atoms with E-state index in [9.17, 15) is 4.79 Å². The third-order valence-electron chi connectivity index (χ3n) is 1.40. The van der Waals surface area contributed by atoms with Crippen molar-refractivity contribution < 1.29 is 4.79 Å². The highest BCUT2D eigenvalue weighted by atomic mass is 35.5. The fourth-order valence-electron chi connectivity index (χ4n) is 0.908. The van der Waals surface area contributed by atoms with Gasteiger partial charge in [-0.15, -0.1) is 22.9 Å². The number of thiophene rings is 1. The van der Waals surface area contributed by atoms with Crippen LogP contribution in [0.3, 0.4) is 0 Å². The Morgan fingerprint density at radius 2 is 2.50 bits per heavy atom. The molecule has 12 heavy (non-hydrogen) atoms. The smallest absolute Gasteiger partial charge is 0.170 e. The molecular weight excluding hydrogens is 192 g/mol. The van der Waals surface area contributed by atoms with Crippen LogP contribution in [-0.4, -0.2) is 11.7 Å². The molecule has 1 rings (SSSR count). The van der Waals surface area contributed by atoms with Crippen LogP contribution in [0, 0.1) is 0 Å². The van der Waals surface area contributed by atoms with Gasteiger partial charge in [0.2, 0.25) is 0 Å². The average molecular weight is 201 g/mol. The van der Waals surface area contributed by atoms with Gasteiger partial charge in [-0.1, -0.05) is 12.2 Å². The van der Waals surface area contributed by atoms with E-state index in [1.54, 1.807) is 6.92 Å². The van der Waals surface area contributed by atoms with E-state index in [2.05, 4.69) is 0 Å². The Kier molecular flexibility index (Phi) is 3.50. The summed E-state index contributed by atoms with van der Waals surface area (Å²) in [5.41, 5.74) is 0.966. The van der Waals surface area contributed by atoms with Crippen LogP contribution in [0.15, 0.2) is 17.5 Å². The minimum Gasteiger partial charge on any atom is -0.294 e. The van der Waals surface area contributed by atoms with Gasteiger partial charge in [0.15, 0.2) is 5.78 Å². The van der Waals surface area contributed by atoms with E-state index in [4.69, 9.17) is 11.6 Å². The van der Waals surface area contributed by atoms with Gasteiger partial charge in [0.1, 0.15) is 0 Å². The van der Waals surface area contributed by atoms with Crippen LogP contribution >= 0.6 is 22.9 Å². The highest BCUT2D eigenvalue weighted by molar-refractivity contribution is 7.12. The summed E-state index contributed by atoms with van der Waals surface area (Å²) in [6.07, 6.45) is 3.70. The lowest BCUT2D eigenvalue weighted by molar-refractivity contribution is 0.102. The van der Waals surface area contributed by atoms with Crippen LogP contribution < -0.4 is 0 Å². The molecule has 0 bridgehead atoms. The van der Waals surface area contributed by atoms with E-state index in [1.165, 1.54) is 11.3 Å². The van der Waals surface area contributed by atoms with Gasteiger partial charge in [0, 0.05) is 5.88 Å². The molecular formula is C9H9ClOS. The number of rotatable bonds is 3. The Bertz CT molecular complexity index is 301. The fraction of sp³-hybridized carbons (Fsp3) is 0.222. The van der Waals surface area contributed by atoms with Crippen molar-refractivity contribution in [2.75, 3.05) is 5.88 Å². The van der Waals surface area contributed by atoms with Gasteiger partial charge >= 0.3 is 0 Å². The molecule has 64 valence electrons. The van der Waals surface area contributed by atoms with Crippen molar-refractivity contribution >= 4 is 34.8 Å². The average Bonchev–Trinajstić information content (AvgIpc) is 2.48.